The summed E-state index contributed by atoms with van der Waals surface area (Å²) in [6.07, 6.45) is 0.296. The van der Waals surface area contributed by atoms with E-state index in [-0.39, 0.29) is 24.7 Å². The Labute approximate surface area is 105 Å². The number of primary amides is 2. The predicted octanol–water partition coefficient (Wildman–Crippen LogP) is -0.301. The lowest BCUT2D eigenvalue weighted by molar-refractivity contribution is -0.143. The highest BCUT2D eigenvalue weighted by Gasteiger charge is 2.00. The van der Waals surface area contributed by atoms with Gasteiger partial charge in [0, 0.05) is 12.8 Å². The first-order valence-electron chi connectivity index (χ1n) is 5.17. The number of carbonyl (C=O) groups excluding carboxylic acids is 2. The summed E-state index contributed by atoms with van der Waals surface area (Å²) in [7, 11) is 0. The van der Waals surface area contributed by atoms with Crippen LogP contribution in [0.4, 0.5) is 0 Å². The summed E-state index contributed by atoms with van der Waals surface area (Å²) in [4.78, 5) is 38.5. The molecular formula is C10H20N2O6. The molecule has 0 spiro atoms. The SMILES string of the molecule is CCC(N)=O.CCC(N)=O.O=C(O)CCC(=O)O. The second-order valence-electron chi connectivity index (χ2n) is 2.93. The zero-order valence-electron chi connectivity index (χ0n) is 10.5. The average Bonchev–Trinajstić information content (AvgIpc) is 2.27. The third-order valence-corrected chi connectivity index (χ3v) is 1.25. The van der Waals surface area contributed by atoms with Crippen molar-refractivity contribution in [2.24, 2.45) is 11.5 Å². The van der Waals surface area contributed by atoms with Crippen LogP contribution in [0.25, 0.3) is 0 Å². The molecule has 0 bridgehead atoms. The second kappa shape index (κ2) is 14.9. The Hall–Kier alpha value is -2.12. The number of carboxylic acids is 2. The predicted molar refractivity (Wildman–Crippen MR) is 63.5 cm³/mol. The lowest BCUT2D eigenvalue weighted by Gasteiger charge is -1.85. The van der Waals surface area contributed by atoms with Gasteiger partial charge in [-0.05, 0) is 0 Å². The van der Waals surface area contributed by atoms with Crippen molar-refractivity contribution in [1.29, 1.82) is 0 Å². The quantitative estimate of drug-likeness (QED) is 0.533. The molecular weight excluding hydrogens is 244 g/mol. The Morgan fingerprint density at radius 3 is 1.00 bits per heavy atom. The molecule has 6 N–H and O–H groups in total. The number of amides is 2. The fraction of sp³-hybridized carbons (Fsp3) is 0.600. The molecule has 0 fully saturated rings. The summed E-state index contributed by atoms with van der Waals surface area (Å²) in [6, 6.07) is 0. The molecule has 0 aliphatic rings. The number of aliphatic carboxylic acids is 2. The molecule has 0 unspecified atom stereocenters. The minimum Gasteiger partial charge on any atom is -0.481 e. The molecule has 0 atom stereocenters. The van der Waals surface area contributed by atoms with Crippen LogP contribution >= 0.6 is 0 Å². The zero-order valence-corrected chi connectivity index (χ0v) is 10.5. The number of carbonyl (C=O) groups is 4. The summed E-state index contributed by atoms with van der Waals surface area (Å²) in [5, 5.41) is 15.8. The van der Waals surface area contributed by atoms with Gasteiger partial charge in [0.05, 0.1) is 12.8 Å². The molecule has 2 amide bonds. The van der Waals surface area contributed by atoms with E-state index in [9.17, 15) is 19.2 Å². The molecule has 8 heteroatoms. The van der Waals surface area contributed by atoms with Crippen LogP contribution < -0.4 is 11.5 Å². The highest BCUT2D eigenvalue weighted by atomic mass is 16.4. The van der Waals surface area contributed by atoms with Crippen molar-refractivity contribution >= 4 is 23.8 Å². The van der Waals surface area contributed by atoms with E-state index in [4.69, 9.17) is 10.2 Å². The van der Waals surface area contributed by atoms with E-state index in [0.29, 0.717) is 12.8 Å². The largest absolute Gasteiger partial charge is 0.481 e. The smallest absolute Gasteiger partial charge is 0.303 e. The van der Waals surface area contributed by atoms with Gasteiger partial charge in [-0.1, -0.05) is 13.8 Å². The third kappa shape index (κ3) is 48.6. The van der Waals surface area contributed by atoms with Crippen LogP contribution in [0, 0.1) is 0 Å². The molecule has 8 nitrogen and oxygen atoms in total. The van der Waals surface area contributed by atoms with Crippen LogP contribution in [-0.2, 0) is 19.2 Å². The Balaban J connectivity index is -0.000000197. The van der Waals surface area contributed by atoms with Gasteiger partial charge in [-0.15, -0.1) is 0 Å². The maximum Gasteiger partial charge on any atom is 0.303 e. The molecule has 0 aromatic rings. The van der Waals surface area contributed by atoms with Gasteiger partial charge < -0.3 is 21.7 Å². The first-order valence-corrected chi connectivity index (χ1v) is 5.17. The van der Waals surface area contributed by atoms with Gasteiger partial charge in [-0.25, -0.2) is 0 Å². The van der Waals surface area contributed by atoms with Gasteiger partial charge in [0.1, 0.15) is 0 Å². The van der Waals surface area contributed by atoms with Crippen LogP contribution in [-0.4, -0.2) is 34.0 Å². The van der Waals surface area contributed by atoms with Gasteiger partial charge in [0.15, 0.2) is 0 Å². The Kier molecular flexibility index (Phi) is 17.5. The fourth-order valence-corrected chi connectivity index (χ4v) is 0.214. The summed E-state index contributed by atoms with van der Waals surface area (Å²) >= 11 is 0. The molecule has 0 aliphatic heterocycles. The molecule has 0 rings (SSSR count). The van der Waals surface area contributed by atoms with Crippen molar-refractivity contribution in [2.45, 2.75) is 39.5 Å². The molecule has 18 heavy (non-hydrogen) atoms. The van der Waals surface area contributed by atoms with Crippen LogP contribution in [0.5, 0.6) is 0 Å². The Bertz CT molecular complexity index is 250. The van der Waals surface area contributed by atoms with Crippen molar-refractivity contribution in [3.8, 4) is 0 Å². The summed E-state index contributed by atoms with van der Waals surface area (Å²) in [6.45, 7) is 3.45. The van der Waals surface area contributed by atoms with E-state index < -0.39 is 11.9 Å². The van der Waals surface area contributed by atoms with Crippen molar-refractivity contribution in [3.05, 3.63) is 0 Å². The van der Waals surface area contributed by atoms with Crippen LogP contribution in [0.1, 0.15) is 39.5 Å². The minimum atomic E-state index is -1.08. The molecule has 0 heterocycles. The van der Waals surface area contributed by atoms with Crippen LogP contribution in [0.15, 0.2) is 0 Å². The minimum absolute atomic E-state index is 0.245. The summed E-state index contributed by atoms with van der Waals surface area (Å²) < 4.78 is 0. The highest BCUT2D eigenvalue weighted by Crippen LogP contribution is 1.86. The maximum absolute atomic E-state index is 9.64. The molecule has 0 aromatic carbocycles. The number of nitrogens with two attached hydrogens (primary N) is 2. The van der Waals surface area contributed by atoms with Gasteiger partial charge in [0.25, 0.3) is 0 Å². The normalized spacial score (nSPS) is 7.89. The molecule has 0 aliphatic carbocycles. The Morgan fingerprint density at radius 1 is 0.778 bits per heavy atom. The van der Waals surface area contributed by atoms with E-state index in [1.54, 1.807) is 13.8 Å². The average molecular weight is 264 g/mol. The van der Waals surface area contributed by atoms with E-state index in [0.717, 1.165) is 0 Å². The van der Waals surface area contributed by atoms with E-state index in [2.05, 4.69) is 11.5 Å². The van der Waals surface area contributed by atoms with Gasteiger partial charge in [-0.3, -0.25) is 19.2 Å². The number of hydrogen-bond donors (Lipinski definition) is 4. The van der Waals surface area contributed by atoms with Crippen LogP contribution in [0.3, 0.4) is 0 Å². The van der Waals surface area contributed by atoms with Crippen LogP contribution in [0.2, 0.25) is 0 Å². The van der Waals surface area contributed by atoms with Crippen molar-refractivity contribution in [3.63, 3.8) is 0 Å². The van der Waals surface area contributed by atoms with Gasteiger partial charge >= 0.3 is 11.9 Å². The van der Waals surface area contributed by atoms with E-state index in [1.807, 2.05) is 0 Å². The first kappa shape index (κ1) is 21.2. The topological polar surface area (TPSA) is 161 Å². The van der Waals surface area contributed by atoms with Gasteiger partial charge in [-0.2, -0.15) is 0 Å². The zero-order chi connectivity index (χ0) is 15.1. The fourth-order valence-electron chi connectivity index (χ4n) is 0.214. The van der Waals surface area contributed by atoms with E-state index >= 15 is 0 Å². The van der Waals surface area contributed by atoms with Crippen molar-refractivity contribution < 1.29 is 29.4 Å². The van der Waals surface area contributed by atoms with E-state index in [1.165, 1.54) is 0 Å². The standard InChI is InChI=1S/C4H6O4.2C3H7NO/c5-3(6)1-2-4(7)8;2*1-2-3(4)5/h1-2H2,(H,5,6)(H,7,8);2*2H2,1H3,(H2,4,5). The number of rotatable bonds is 5. The summed E-state index contributed by atoms with van der Waals surface area (Å²) in [5.74, 6) is -2.64. The lowest BCUT2D eigenvalue weighted by Crippen LogP contribution is -2.06. The van der Waals surface area contributed by atoms with Crippen molar-refractivity contribution in [1.82, 2.24) is 0 Å². The Morgan fingerprint density at radius 2 is 0.944 bits per heavy atom. The summed E-state index contributed by atoms with van der Waals surface area (Å²) in [5.41, 5.74) is 9.31. The monoisotopic (exact) mass is 264 g/mol. The molecule has 0 saturated carbocycles. The number of carboxylic acid groups (broad SMARTS) is 2. The molecule has 106 valence electrons. The molecule has 0 aromatic heterocycles. The first-order chi connectivity index (χ1) is 8.17. The highest BCUT2D eigenvalue weighted by molar-refractivity contribution is 5.75. The molecule has 0 saturated heterocycles. The van der Waals surface area contributed by atoms with Gasteiger partial charge in [0.2, 0.25) is 11.8 Å². The van der Waals surface area contributed by atoms with Crippen molar-refractivity contribution in [2.75, 3.05) is 0 Å². The third-order valence-electron chi connectivity index (χ3n) is 1.25. The molecule has 0 radical (unpaired) electrons. The second-order valence-corrected chi connectivity index (χ2v) is 2.93. The maximum atomic E-state index is 9.64. The lowest BCUT2D eigenvalue weighted by atomic mass is 10.3. The number of hydrogen-bond acceptors (Lipinski definition) is 4.